The third-order valence-electron chi connectivity index (χ3n) is 14.1. The average molecular weight is 1150 g/mol. The van der Waals surface area contributed by atoms with E-state index in [0.29, 0.717) is 13.2 Å². The molecule has 2 saturated heterocycles. The Bertz CT molecular complexity index is 1820. The molecular formula is C52H72F4I2N4O4+2. The molecule has 0 unspecified atom stereocenters. The second-order valence-corrected chi connectivity index (χ2v) is 19.4. The SMILES string of the molecule is CC(=O)OCC[N+]1(C)CC[N+](C)(CCCC(c2ccc(F)cc2)c2ccc(F)cc2)CC1.CC(=O)OCC[N+]1(C)CC[N+](C)(CCCC(c2ccc(F)cc2)c2ccc(F)cc2)CC1.[I-].[I-]. The molecule has 2 fully saturated rings. The maximum atomic E-state index is 13.5. The smallest absolute Gasteiger partial charge is 0.302 e. The fraction of sp³-hybridized carbons (Fsp3) is 0.500. The average Bonchev–Trinajstić information content (AvgIpc) is 3.26. The Balaban J connectivity index is 0.000000340. The van der Waals surface area contributed by atoms with Crippen LogP contribution in [0.1, 0.15) is 73.6 Å². The highest BCUT2D eigenvalue weighted by atomic mass is 127. The van der Waals surface area contributed by atoms with Gasteiger partial charge >= 0.3 is 11.9 Å². The third kappa shape index (κ3) is 18.4. The van der Waals surface area contributed by atoms with Crippen molar-refractivity contribution in [1.82, 2.24) is 0 Å². The van der Waals surface area contributed by atoms with E-state index >= 15 is 0 Å². The van der Waals surface area contributed by atoms with Gasteiger partial charge in [0.1, 0.15) is 102 Å². The van der Waals surface area contributed by atoms with E-state index < -0.39 is 0 Å². The third-order valence-corrected chi connectivity index (χ3v) is 14.1. The van der Waals surface area contributed by atoms with Gasteiger partial charge in [-0.2, -0.15) is 0 Å². The molecule has 0 radical (unpaired) electrons. The van der Waals surface area contributed by atoms with Crippen LogP contribution in [0, 0.1) is 23.3 Å². The van der Waals surface area contributed by atoms with E-state index in [-0.39, 0.29) is 95.0 Å². The lowest BCUT2D eigenvalue weighted by Gasteiger charge is -2.46. The van der Waals surface area contributed by atoms with Crippen molar-refractivity contribution in [2.24, 2.45) is 0 Å². The van der Waals surface area contributed by atoms with Crippen LogP contribution in [-0.4, -0.2) is 150 Å². The number of ether oxygens (including phenoxy) is 2. The molecule has 0 aromatic heterocycles. The van der Waals surface area contributed by atoms with E-state index in [4.69, 9.17) is 9.47 Å². The molecule has 6 rings (SSSR count). The summed E-state index contributed by atoms with van der Waals surface area (Å²) in [5.74, 6) is -1.16. The van der Waals surface area contributed by atoms with Gasteiger partial charge in [-0.25, -0.2) is 17.6 Å². The monoisotopic (exact) mass is 1150 g/mol. The van der Waals surface area contributed by atoms with Gasteiger partial charge in [-0.3, -0.25) is 9.59 Å². The summed E-state index contributed by atoms with van der Waals surface area (Å²) in [5, 5.41) is 0. The molecule has 2 aliphatic rings. The number of quaternary nitrogens is 4. The number of rotatable bonds is 18. The normalized spacial score (nSPS) is 22.6. The molecule has 2 heterocycles. The van der Waals surface area contributed by atoms with Gasteiger partial charge in [-0.15, -0.1) is 0 Å². The minimum absolute atomic E-state index is 0. The van der Waals surface area contributed by atoms with Crippen molar-refractivity contribution in [1.29, 1.82) is 0 Å². The number of benzene rings is 4. The van der Waals surface area contributed by atoms with Gasteiger partial charge in [0.2, 0.25) is 0 Å². The summed E-state index contributed by atoms with van der Waals surface area (Å²) in [6.07, 6.45) is 3.94. The molecule has 4 aromatic rings. The summed E-state index contributed by atoms with van der Waals surface area (Å²) in [4.78, 5) is 22.1. The molecule has 66 heavy (non-hydrogen) atoms. The summed E-state index contributed by atoms with van der Waals surface area (Å²) < 4.78 is 68.0. The van der Waals surface area contributed by atoms with Crippen LogP contribution in [0.4, 0.5) is 17.6 Å². The highest BCUT2D eigenvalue weighted by molar-refractivity contribution is 5.66. The first-order chi connectivity index (χ1) is 30.4. The van der Waals surface area contributed by atoms with Gasteiger partial charge in [0.15, 0.2) is 0 Å². The molecule has 0 aliphatic carbocycles. The number of hydrogen-bond acceptors (Lipinski definition) is 4. The Hall–Kier alpha value is -3.16. The molecule has 0 spiro atoms. The van der Waals surface area contributed by atoms with E-state index in [9.17, 15) is 27.2 Å². The predicted octanol–water partition coefficient (Wildman–Crippen LogP) is 2.70. The van der Waals surface area contributed by atoms with E-state index in [1.165, 1.54) is 62.4 Å². The van der Waals surface area contributed by atoms with Crippen LogP contribution in [0.3, 0.4) is 0 Å². The van der Waals surface area contributed by atoms with E-state index in [0.717, 1.165) is 144 Å². The number of piperazine rings is 2. The Morgan fingerprint density at radius 2 is 0.636 bits per heavy atom. The first kappa shape index (κ1) is 57.2. The van der Waals surface area contributed by atoms with Gasteiger partial charge < -0.3 is 75.4 Å². The summed E-state index contributed by atoms with van der Waals surface area (Å²) >= 11 is 0. The summed E-state index contributed by atoms with van der Waals surface area (Å²) in [7, 11) is 9.12. The number of likely N-dealkylation sites (N-methyl/N-ethyl adjacent to an activating group) is 4. The van der Waals surface area contributed by atoms with Crippen LogP contribution in [0.5, 0.6) is 0 Å². The number of esters is 2. The fourth-order valence-electron chi connectivity index (χ4n) is 9.28. The Morgan fingerprint density at radius 1 is 0.424 bits per heavy atom. The molecule has 0 atom stereocenters. The topological polar surface area (TPSA) is 52.6 Å². The molecule has 2 aliphatic heterocycles. The lowest BCUT2D eigenvalue weighted by Crippen LogP contribution is -3.00. The largest absolute Gasteiger partial charge is 1.00 e. The number of hydrogen-bond donors (Lipinski definition) is 0. The maximum absolute atomic E-state index is 13.5. The Kier molecular flexibility index (Phi) is 23.0. The van der Waals surface area contributed by atoms with Crippen molar-refractivity contribution in [2.45, 2.75) is 51.4 Å². The Labute approximate surface area is 425 Å². The fourth-order valence-corrected chi connectivity index (χ4v) is 9.28. The van der Waals surface area contributed by atoms with Crippen molar-refractivity contribution in [3.05, 3.63) is 143 Å². The molecule has 0 amide bonds. The van der Waals surface area contributed by atoms with Gasteiger partial charge in [0.25, 0.3) is 0 Å². The number of halogens is 6. The molecular weight excluding hydrogens is 1070 g/mol. The molecule has 0 saturated carbocycles. The number of nitrogens with zero attached hydrogens (tertiary/aromatic N) is 4. The minimum atomic E-state index is -0.243. The predicted molar refractivity (Wildman–Crippen MR) is 244 cm³/mol. The van der Waals surface area contributed by atoms with E-state index in [1.807, 2.05) is 48.5 Å². The highest BCUT2D eigenvalue weighted by Gasteiger charge is 2.38. The zero-order chi connectivity index (χ0) is 46.4. The Morgan fingerprint density at radius 3 is 0.848 bits per heavy atom. The van der Waals surface area contributed by atoms with Crippen molar-refractivity contribution in [3.8, 4) is 0 Å². The molecule has 364 valence electrons. The van der Waals surface area contributed by atoms with Crippen molar-refractivity contribution >= 4 is 11.9 Å². The van der Waals surface area contributed by atoms with Crippen LogP contribution >= 0.6 is 0 Å². The van der Waals surface area contributed by atoms with Gasteiger partial charge in [-0.05, 0) is 96.5 Å². The first-order valence-electron chi connectivity index (χ1n) is 23.0. The molecule has 0 N–H and O–H groups in total. The number of carbonyl (C=O) groups excluding carboxylic acids is 2. The molecule has 0 bridgehead atoms. The van der Waals surface area contributed by atoms with Crippen LogP contribution in [0.25, 0.3) is 0 Å². The molecule has 14 heteroatoms. The van der Waals surface area contributed by atoms with Crippen molar-refractivity contribution < 1.29 is 103 Å². The first-order valence-corrected chi connectivity index (χ1v) is 23.0. The quantitative estimate of drug-likeness (QED) is 0.0667. The van der Waals surface area contributed by atoms with E-state index in [2.05, 4.69) is 28.2 Å². The molecule has 8 nitrogen and oxygen atoms in total. The van der Waals surface area contributed by atoms with Gasteiger partial charge in [-0.1, -0.05) is 48.5 Å². The highest BCUT2D eigenvalue weighted by Crippen LogP contribution is 2.32. The lowest BCUT2D eigenvalue weighted by atomic mass is 9.87. The van der Waals surface area contributed by atoms with Crippen LogP contribution in [0.2, 0.25) is 0 Å². The minimum Gasteiger partial charge on any atom is -1.00 e. The lowest BCUT2D eigenvalue weighted by molar-refractivity contribution is -1.02. The number of carbonyl (C=O) groups is 2. The molecule has 4 aromatic carbocycles. The van der Waals surface area contributed by atoms with Crippen molar-refractivity contribution in [3.63, 3.8) is 0 Å². The van der Waals surface area contributed by atoms with Crippen LogP contribution in [-0.2, 0) is 19.1 Å². The van der Waals surface area contributed by atoms with Crippen LogP contribution < -0.4 is 48.0 Å². The van der Waals surface area contributed by atoms with E-state index in [1.54, 1.807) is 0 Å². The zero-order valence-corrected chi connectivity index (χ0v) is 44.1. The second-order valence-electron chi connectivity index (χ2n) is 19.4. The summed E-state index contributed by atoms with van der Waals surface area (Å²) in [6, 6.07) is 26.7. The van der Waals surface area contributed by atoms with Gasteiger partial charge in [0.05, 0.1) is 41.3 Å². The van der Waals surface area contributed by atoms with Crippen molar-refractivity contribution in [2.75, 3.05) is 120 Å². The van der Waals surface area contributed by atoms with Crippen LogP contribution in [0.15, 0.2) is 97.1 Å². The maximum Gasteiger partial charge on any atom is 0.302 e. The zero-order valence-electron chi connectivity index (χ0n) is 39.8. The van der Waals surface area contributed by atoms with Gasteiger partial charge in [0, 0.05) is 25.7 Å². The summed E-state index contributed by atoms with van der Waals surface area (Å²) in [5.41, 5.74) is 4.26. The standard InChI is InChI=1S/2C26H36F2N2O2.2HI/c2*1-21(31)32-20-19-30(3)17-15-29(2,16-18-30)14-4-5-26(22-6-10-24(27)11-7-22)23-8-12-25(28)13-9-23;;/h2*6-13,26H,4-5,14-20H2,1-3H3;2*1H/q2*+2;;/p-2. The second kappa shape index (κ2) is 26.6. The summed E-state index contributed by atoms with van der Waals surface area (Å²) in [6.45, 7) is 16.4.